The second-order valence-electron chi connectivity index (χ2n) is 3.84. The average Bonchev–Trinajstić information content (AvgIpc) is 2.34. The van der Waals surface area contributed by atoms with Gasteiger partial charge >= 0.3 is 0 Å². The van der Waals surface area contributed by atoms with Crippen molar-refractivity contribution in [2.24, 2.45) is 0 Å². The molecule has 1 heterocycles. The van der Waals surface area contributed by atoms with Gasteiger partial charge in [-0.1, -0.05) is 6.07 Å². The summed E-state index contributed by atoms with van der Waals surface area (Å²) in [5, 5.41) is 9.80. The molecule has 0 aliphatic carbocycles. The molecule has 1 unspecified atom stereocenters. The van der Waals surface area contributed by atoms with E-state index in [1.165, 1.54) is 24.4 Å². The van der Waals surface area contributed by atoms with Crippen molar-refractivity contribution in [1.29, 1.82) is 0 Å². The van der Waals surface area contributed by atoms with Crippen molar-refractivity contribution in [2.45, 2.75) is 12.5 Å². The fourth-order valence-corrected chi connectivity index (χ4v) is 1.63. The molecule has 5 heteroatoms. The van der Waals surface area contributed by atoms with Gasteiger partial charge in [0, 0.05) is 12.6 Å². The average molecular weight is 253 g/mol. The first-order chi connectivity index (χ1) is 8.58. The summed E-state index contributed by atoms with van der Waals surface area (Å²) < 4.78 is 39.0. The molecular formula is C13H10F3NO. The molecule has 1 aromatic carbocycles. The van der Waals surface area contributed by atoms with Crippen LogP contribution < -0.4 is 0 Å². The number of aliphatic hydroxyl groups excluding tert-OH is 1. The number of aromatic nitrogens is 1. The van der Waals surface area contributed by atoms with Gasteiger partial charge in [0.05, 0.1) is 0 Å². The summed E-state index contributed by atoms with van der Waals surface area (Å²) in [6.45, 7) is 0. The van der Waals surface area contributed by atoms with Crippen LogP contribution in [0, 0.1) is 17.5 Å². The van der Waals surface area contributed by atoms with E-state index < -0.39 is 23.6 Å². The molecule has 1 aromatic heterocycles. The molecule has 2 aromatic rings. The molecule has 0 bridgehead atoms. The van der Waals surface area contributed by atoms with Gasteiger partial charge < -0.3 is 5.11 Å². The topological polar surface area (TPSA) is 33.1 Å². The lowest BCUT2D eigenvalue weighted by Gasteiger charge is -2.10. The van der Waals surface area contributed by atoms with E-state index in [4.69, 9.17) is 0 Å². The normalized spacial score (nSPS) is 12.4. The van der Waals surface area contributed by atoms with Crippen LogP contribution in [0.15, 0.2) is 36.5 Å². The van der Waals surface area contributed by atoms with Gasteiger partial charge in [0.1, 0.15) is 17.6 Å². The Bertz CT molecular complexity index is 560. The van der Waals surface area contributed by atoms with Crippen LogP contribution in [0.1, 0.15) is 17.4 Å². The first-order valence-electron chi connectivity index (χ1n) is 5.30. The minimum Gasteiger partial charge on any atom is -0.386 e. The lowest BCUT2D eigenvalue weighted by atomic mass is 10.0. The minimum atomic E-state index is -1.20. The van der Waals surface area contributed by atoms with Crippen molar-refractivity contribution in [1.82, 2.24) is 4.98 Å². The predicted molar refractivity (Wildman–Crippen MR) is 59.2 cm³/mol. The second-order valence-corrected chi connectivity index (χ2v) is 3.84. The molecule has 18 heavy (non-hydrogen) atoms. The van der Waals surface area contributed by atoms with E-state index in [0.717, 1.165) is 12.1 Å². The number of hydrogen-bond donors (Lipinski definition) is 1. The lowest BCUT2D eigenvalue weighted by molar-refractivity contribution is 0.168. The number of aliphatic hydroxyl groups is 1. The molecule has 0 radical (unpaired) electrons. The Morgan fingerprint density at radius 1 is 1.06 bits per heavy atom. The van der Waals surface area contributed by atoms with Crippen molar-refractivity contribution in [3.8, 4) is 0 Å². The molecule has 2 rings (SSSR count). The number of pyridine rings is 1. The summed E-state index contributed by atoms with van der Waals surface area (Å²) in [4.78, 5) is 3.72. The van der Waals surface area contributed by atoms with Crippen LogP contribution in [0.2, 0.25) is 0 Å². The minimum absolute atomic E-state index is 0.0366. The van der Waals surface area contributed by atoms with Crippen LogP contribution in [0.25, 0.3) is 0 Å². The van der Waals surface area contributed by atoms with Gasteiger partial charge in [0.2, 0.25) is 0 Å². The predicted octanol–water partition coefficient (Wildman–Crippen LogP) is 2.78. The molecule has 0 amide bonds. The highest BCUT2D eigenvalue weighted by atomic mass is 19.2. The molecule has 0 saturated carbocycles. The third kappa shape index (κ3) is 2.68. The van der Waals surface area contributed by atoms with Crippen molar-refractivity contribution >= 4 is 0 Å². The maximum atomic E-state index is 13.3. The van der Waals surface area contributed by atoms with Crippen molar-refractivity contribution in [3.63, 3.8) is 0 Å². The van der Waals surface area contributed by atoms with Gasteiger partial charge in [0.25, 0.3) is 0 Å². The lowest BCUT2D eigenvalue weighted by Crippen LogP contribution is -2.07. The van der Waals surface area contributed by atoms with E-state index in [-0.39, 0.29) is 12.1 Å². The van der Waals surface area contributed by atoms with Crippen LogP contribution in [0.3, 0.4) is 0 Å². The van der Waals surface area contributed by atoms with E-state index in [1.54, 1.807) is 0 Å². The van der Waals surface area contributed by atoms with Gasteiger partial charge in [-0.25, -0.2) is 13.2 Å². The molecular weight excluding hydrogens is 243 g/mol. The summed E-state index contributed by atoms with van der Waals surface area (Å²) in [6, 6.07) is 5.86. The zero-order valence-corrected chi connectivity index (χ0v) is 9.28. The Morgan fingerprint density at radius 2 is 1.83 bits per heavy atom. The van der Waals surface area contributed by atoms with E-state index in [0.29, 0.717) is 5.56 Å². The zero-order chi connectivity index (χ0) is 13.1. The smallest absolute Gasteiger partial charge is 0.159 e. The highest BCUT2D eigenvalue weighted by Crippen LogP contribution is 2.20. The number of rotatable bonds is 3. The molecule has 94 valence electrons. The molecule has 1 atom stereocenters. The van der Waals surface area contributed by atoms with Crippen LogP contribution in [-0.2, 0) is 6.42 Å². The highest BCUT2D eigenvalue weighted by molar-refractivity contribution is 5.21. The molecule has 2 nitrogen and oxygen atoms in total. The molecule has 0 fully saturated rings. The van der Waals surface area contributed by atoms with Crippen LogP contribution in [0.5, 0.6) is 0 Å². The Labute approximate surface area is 102 Å². The number of hydrogen-bond acceptors (Lipinski definition) is 2. The second kappa shape index (κ2) is 5.18. The third-order valence-electron chi connectivity index (χ3n) is 2.52. The maximum Gasteiger partial charge on any atom is 0.159 e. The van der Waals surface area contributed by atoms with Crippen LogP contribution in [-0.4, -0.2) is 10.1 Å². The van der Waals surface area contributed by atoms with E-state index in [2.05, 4.69) is 4.98 Å². The third-order valence-corrected chi connectivity index (χ3v) is 2.52. The molecule has 0 aliphatic rings. The summed E-state index contributed by atoms with van der Waals surface area (Å²) in [5.41, 5.74) is 0.258. The molecule has 0 saturated heterocycles. The van der Waals surface area contributed by atoms with Gasteiger partial charge in [-0.15, -0.1) is 0 Å². The van der Waals surface area contributed by atoms with E-state index in [1.807, 2.05) is 0 Å². The fraction of sp³-hybridized carbons (Fsp3) is 0.154. The Hall–Kier alpha value is -1.88. The van der Waals surface area contributed by atoms with Crippen molar-refractivity contribution < 1.29 is 18.3 Å². The zero-order valence-electron chi connectivity index (χ0n) is 9.28. The number of halogens is 3. The molecule has 1 N–H and O–H groups in total. The summed E-state index contributed by atoms with van der Waals surface area (Å²) >= 11 is 0. The first kappa shape index (κ1) is 12.6. The van der Waals surface area contributed by atoms with Crippen molar-refractivity contribution in [3.05, 3.63) is 65.2 Å². The Balaban J connectivity index is 2.19. The van der Waals surface area contributed by atoms with Gasteiger partial charge in [-0.2, -0.15) is 0 Å². The van der Waals surface area contributed by atoms with E-state index in [9.17, 15) is 18.3 Å². The fourth-order valence-electron chi connectivity index (χ4n) is 1.63. The Morgan fingerprint density at radius 3 is 2.50 bits per heavy atom. The van der Waals surface area contributed by atoms with Gasteiger partial charge in [-0.05, 0) is 29.8 Å². The highest BCUT2D eigenvalue weighted by Gasteiger charge is 2.15. The number of nitrogens with zero attached hydrogens (tertiary/aromatic N) is 1. The first-order valence-corrected chi connectivity index (χ1v) is 5.30. The summed E-state index contributed by atoms with van der Waals surface area (Å²) in [5.74, 6) is -2.59. The van der Waals surface area contributed by atoms with Gasteiger partial charge in [0.15, 0.2) is 11.6 Å². The summed E-state index contributed by atoms with van der Waals surface area (Å²) in [6.07, 6.45) is 0.119. The van der Waals surface area contributed by atoms with Crippen molar-refractivity contribution in [2.75, 3.05) is 0 Å². The summed E-state index contributed by atoms with van der Waals surface area (Å²) in [7, 11) is 0. The van der Waals surface area contributed by atoms with E-state index >= 15 is 0 Å². The van der Waals surface area contributed by atoms with Crippen LogP contribution >= 0.6 is 0 Å². The van der Waals surface area contributed by atoms with Crippen LogP contribution in [0.4, 0.5) is 13.2 Å². The quantitative estimate of drug-likeness (QED) is 0.912. The largest absolute Gasteiger partial charge is 0.386 e. The Kier molecular flexibility index (Phi) is 3.62. The monoisotopic (exact) mass is 253 g/mol. The SMILES string of the molecule is OC(Cc1ccc(F)c(F)c1)c1ncccc1F. The standard InChI is InChI=1S/C13H10F3NO/c14-9-4-3-8(6-11(9)16)7-12(18)13-10(15)2-1-5-17-13/h1-6,12,18H,7H2. The number of benzene rings is 1. The molecule has 0 spiro atoms. The molecule has 0 aliphatic heterocycles. The maximum absolute atomic E-state index is 13.3. The van der Waals surface area contributed by atoms with Gasteiger partial charge in [-0.3, -0.25) is 4.98 Å².